The summed E-state index contributed by atoms with van der Waals surface area (Å²) in [6, 6.07) is 4.05. The normalized spacial score (nSPS) is 20.4. The summed E-state index contributed by atoms with van der Waals surface area (Å²) in [5.41, 5.74) is 1.97. The molecule has 1 fully saturated rings. The fraction of sp³-hybridized carbons (Fsp3) is 0.611. The number of methoxy groups -OCH3 is 2. The van der Waals surface area contributed by atoms with Crippen molar-refractivity contribution in [3.05, 3.63) is 23.3 Å². The first-order valence-electron chi connectivity index (χ1n) is 8.37. The van der Waals surface area contributed by atoms with E-state index in [1.165, 1.54) is 12.5 Å². The summed E-state index contributed by atoms with van der Waals surface area (Å²) in [7, 11) is 3.27. The first-order chi connectivity index (χ1) is 11.5. The van der Waals surface area contributed by atoms with Crippen LogP contribution in [0.3, 0.4) is 0 Å². The third-order valence-electron chi connectivity index (χ3n) is 5.09. The van der Waals surface area contributed by atoms with Crippen molar-refractivity contribution in [3.63, 3.8) is 0 Å². The zero-order chi connectivity index (χ0) is 17.3. The molecule has 1 spiro atoms. The van der Waals surface area contributed by atoms with Crippen molar-refractivity contribution >= 4 is 5.91 Å². The summed E-state index contributed by atoms with van der Waals surface area (Å²) in [6.45, 7) is 3.33. The fourth-order valence-electron chi connectivity index (χ4n) is 3.75. The molecule has 1 amide bonds. The van der Waals surface area contributed by atoms with Gasteiger partial charge in [-0.2, -0.15) is 0 Å². The maximum absolute atomic E-state index is 12.0. The van der Waals surface area contributed by atoms with Crippen molar-refractivity contribution in [2.24, 2.45) is 0 Å². The minimum atomic E-state index is -0.956. The number of amides is 1. The number of likely N-dealkylation sites (tertiary alicyclic amines) is 1. The van der Waals surface area contributed by atoms with E-state index in [1.54, 1.807) is 19.1 Å². The second-order valence-electron chi connectivity index (χ2n) is 6.46. The number of rotatable bonds is 3. The van der Waals surface area contributed by atoms with Gasteiger partial charge in [0.2, 0.25) is 0 Å². The Labute approximate surface area is 142 Å². The minimum absolute atomic E-state index is 0.215. The molecule has 0 aromatic heterocycles. The van der Waals surface area contributed by atoms with Crippen LogP contribution in [0.2, 0.25) is 0 Å². The topological polar surface area (TPSA) is 68.2 Å². The van der Waals surface area contributed by atoms with Gasteiger partial charge in [-0.05, 0) is 49.4 Å². The van der Waals surface area contributed by atoms with E-state index in [2.05, 4.69) is 0 Å². The summed E-state index contributed by atoms with van der Waals surface area (Å²) >= 11 is 0. The molecule has 0 radical (unpaired) electrons. The predicted octanol–water partition coefficient (Wildman–Crippen LogP) is 1.47. The van der Waals surface area contributed by atoms with E-state index in [-0.39, 0.29) is 11.5 Å². The number of hydrogen-bond acceptors (Lipinski definition) is 5. The van der Waals surface area contributed by atoms with Crippen LogP contribution >= 0.6 is 0 Å². The molecule has 2 heterocycles. The van der Waals surface area contributed by atoms with Gasteiger partial charge in [0.1, 0.15) is 6.10 Å². The molecule has 0 bridgehead atoms. The Kier molecular flexibility index (Phi) is 4.69. The number of aliphatic hydroxyl groups is 1. The third-order valence-corrected chi connectivity index (χ3v) is 5.09. The predicted molar refractivity (Wildman–Crippen MR) is 88.4 cm³/mol. The van der Waals surface area contributed by atoms with Gasteiger partial charge in [-0.3, -0.25) is 4.79 Å². The van der Waals surface area contributed by atoms with Gasteiger partial charge in [0, 0.05) is 13.1 Å². The number of fused-ring (bicyclic) bond motifs is 2. The zero-order valence-corrected chi connectivity index (χ0v) is 14.5. The van der Waals surface area contributed by atoms with Crippen LogP contribution in [0.1, 0.15) is 30.9 Å². The Morgan fingerprint density at radius 3 is 2.46 bits per heavy atom. The Hall–Kier alpha value is -1.79. The van der Waals surface area contributed by atoms with Crippen LogP contribution in [-0.2, 0) is 21.6 Å². The molecular weight excluding hydrogens is 310 g/mol. The van der Waals surface area contributed by atoms with Crippen LogP contribution in [0.15, 0.2) is 12.1 Å². The molecule has 1 N–H and O–H groups in total. The summed E-state index contributed by atoms with van der Waals surface area (Å²) in [4.78, 5) is 13.7. The van der Waals surface area contributed by atoms with Gasteiger partial charge in [0.05, 0.1) is 26.4 Å². The van der Waals surface area contributed by atoms with Gasteiger partial charge in [0.25, 0.3) is 5.91 Å². The van der Waals surface area contributed by atoms with E-state index < -0.39 is 6.10 Å². The number of benzene rings is 1. The summed E-state index contributed by atoms with van der Waals surface area (Å²) in [5.74, 6) is 1.21. The van der Waals surface area contributed by atoms with Crippen molar-refractivity contribution < 1.29 is 24.1 Å². The molecule has 0 saturated carbocycles. The first kappa shape index (κ1) is 17.0. The van der Waals surface area contributed by atoms with Crippen LogP contribution in [-0.4, -0.2) is 55.9 Å². The van der Waals surface area contributed by atoms with Gasteiger partial charge in [-0.15, -0.1) is 0 Å². The van der Waals surface area contributed by atoms with Gasteiger partial charge >= 0.3 is 0 Å². The molecular formula is C18H25NO5. The van der Waals surface area contributed by atoms with E-state index in [0.29, 0.717) is 38.3 Å². The third kappa shape index (κ3) is 2.84. The van der Waals surface area contributed by atoms with Gasteiger partial charge in [-0.1, -0.05) is 0 Å². The number of carbonyl (C=O) groups is 1. The lowest BCUT2D eigenvalue weighted by Gasteiger charge is -2.45. The molecule has 1 atom stereocenters. The van der Waals surface area contributed by atoms with Gasteiger partial charge in [0.15, 0.2) is 11.5 Å². The number of hydrogen-bond donors (Lipinski definition) is 1. The minimum Gasteiger partial charge on any atom is -0.493 e. The molecule has 1 aromatic carbocycles. The van der Waals surface area contributed by atoms with E-state index >= 15 is 0 Å². The molecule has 132 valence electrons. The molecule has 1 saturated heterocycles. The lowest BCUT2D eigenvalue weighted by Crippen LogP contribution is -2.50. The first-order valence-corrected chi connectivity index (χ1v) is 8.37. The molecule has 0 aliphatic carbocycles. The number of piperidine rings is 1. The lowest BCUT2D eigenvalue weighted by molar-refractivity contribution is -0.148. The highest BCUT2D eigenvalue weighted by Gasteiger charge is 2.42. The molecule has 6 heteroatoms. The average Bonchev–Trinajstić information content (AvgIpc) is 2.61. The summed E-state index contributed by atoms with van der Waals surface area (Å²) in [6.07, 6.45) is 1.32. The highest BCUT2D eigenvalue weighted by molar-refractivity contribution is 5.80. The van der Waals surface area contributed by atoms with Crippen molar-refractivity contribution in [1.29, 1.82) is 0 Å². The highest BCUT2D eigenvalue weighted by Crippen LogP contribution is 2.45. The number of carbonyl (C=O) groups excluding carboxylic acids is 1. The maximum atomic E-state index is 12.0. The monoisotopic (exact) mass is 335 g/mol. The van der Waals surface area contributed by atoms with Crippen molar-refractivity contribution in [3.8, 4) is 11.5 Å². The van der Waals surface area contributed by atoms with Crippen molar-refractivity contribution in [2.75, 3.05) is 33.9 Å². The zero-order valence-electron chi connectivity index (χ0n) is 14.5. The van der Waals surface area contributed by atoms with Gasteiger partial charge in [-0.25, -0.2) is 0 Å². The molecule has 24 heavy (non-hydrogen) atoms. The number of aliphatic hydroxyl groups excluding tert-OH is 1. The molecule has 1 aromatic rings. The van der Waals surface area contributed by atoms with E-state index in [0.717, 1.165) is 17.7 Å². The van der Waals surface area contributed by atoms with Crippen LogP contribution in [0.5, 0.6) is 11.5 Å². The number of ether oxygens (including phenoxy) is 3. The van der Waals surface area contributed by atoms with Crippen LogP contribution in [0.4, 0.5) is 0 Å². The molecule has 0 unspecified atom stereocenters. The van der Waals surface area contributed by atoms with E-state index in [1.807, 2.05) is 12.1 Å². The molecule has 3 rings (SSSR count). The Bertz CT molecular complexity index is 620. The maximum Gasteiger partial charge on any atom is 0.251 e. The highest BCUT2D eigenvalue weighted by atomic mass is 16.5. The van der Waals surface area contributed by atoms with Crippen LogP contribution < -0.4 is 9.47 Å². The largest absolute Gasteiger partial charge is 0.493 e. The molecule has 2 aliphatic heterocycles. The Balaban J connectivity index is 1.89. The van der Waals surface area contributed by atoms with Crippen LogP contribution in [0.25, 0.3) is 0 Å². The van der Waals surface area contributed by atoms with Crippen molar-refractivity contribution in [2.45, 2.75) is 37.9 Å². The Morgan fingerprint density at radius 2 is 1.88 bits per heavy atom. The van der Waals surface area contributed by atoms with Gasteiger partial charge < -0.3 is 24.2 Å². The lowest BCUT2D eigenvalue weighted by atomic mass is 9.79. The second kappa shape index (κ2) is 6.61. The Morgan fingerprint density at radius 1 is 1.25 bits per heavy atom. The van der Waals surface area contributed by atoms with E-state index in [9.17, 15) is 9.90 Å². The second-order valence-corrected chi connectivity index (χ2v) is 6.46. The number of nitrogens with zero attached hydrogens (tertiary/aromatic N) is 1. The smallest absolute Gasteiger partial charge is 0.251 e. The fourth-order valence-corrected chi connectivity index (χ4v) is 3.75. The summed E-state index contributed by atoms with van der Waals surface area (Å²) in [5, 5.41) is 9.51. The quantitative estimate of drug-likeness (QED) is 0.906. The van der Waals surface area contributed by atoms with Crippen LogP contribution in [0, 0.1) is 0 Å². The van der Waals surface area contributed by atoms with Crippen molar-refractivity contribution in [1.82, 2.24) is 4.90 Å². The summed E-state index contributed by atoms with van der Waals surface area (Å²) < 4.78 is 17.1. The molecule has 6 nitrogen and oxygen atoms in total. The average molecular weight is 335 g/mol. The standard InChI is InChI=1S/C18H25NO5/c1-12(20)17(21)19-7-5-18(6-8-19)14-11-16(23-3)15(22-2)10-13(14)4-9-24-18/h10-12,20H,4-9H2,1-3H3/t12-/m1/s1. The van der Waals surface area contributed by atoms with E-state index in [4.69, 9.17) is 14.2 Å². The SMILES string of the molecule is COc1cc2c(cc1OC)C1(CCN(C(=O)[C@@H](C)O)CC1)OCC2. The molecule has 2 aliphatic rings.